The standard InChI is InChI=1S/C18H21FN2/c1-20(2)16-10-7-14(8-11-16)5-6-15-9-12-18(21(3)4)17(19)13-15/h5-13H,1-4H3/b6-5+/i19-1. The molecule has 2 aromatic rings. The Balaban J connectivity index is 2.15. The first-order valence-corrected chi connectivity index (χ1v) is 6.90. The Kier molecular flexibility index (Phi) is 4.63. The van der Waals surface area contributed by atoms with Crippen LogP contribution in [-0.4, -0.2) is 28.2 Å². The molecule has 3 heteroatoms. The second kappa shape index (κ2) is 6.44. The molecule has 0 N–H and O–H groups in total. The van der Waals surface area contributed by atoms with E-state index in [4.69, 9.17) is 0 Å². The third-order valence-electron chi connectivity index (χ3n) is 3.33. The Bertz CT molecular complexity index is 628. The molecule has 0 amide bonds. The Labute approximate surface area is 126 Å². The van der Waals surface area contributed by atoms with E-state index >= 15 is 0 Å². The molecule has 2 aromatic carbocycles. The van der Waals surface area contributed by atoms with Gasteiger partial charge >= 0.3 is 0 Å². The highest BCUT2D eigenvalue weighted by Gasteiger charge is 2.03. The van der Waals surface area contributed by atoms with Gasteiger partial charge in [-0.15, -0.1) is 0 Å². The monoisotopic (exact) mass is 283 g/mol. The van der Waals surface area contributed by atoms with Crippen LogP contribution in [0.25, 0.3) is 12.2 Å². The lowest BCUT2D eigenvalue weighted by molar-refractivity contribution is 0.626. The molecule has 110 valence electrons. The van der Waals surface area contributed by atoms with Crippen LogP contribution >= 0.6 is 0 Å². The average molecular weight is 283 g/mol. The zero-order chi connectivity index (χ0) is 15.4. The van der Waals surface area contributed by atoms with Crippen molar-refractivity contribution in [3.8, 4) is 0 Å². The molecule has 0 aliphatic rings. The SMILES string of the molecule is CN(C)c1ccc(/C=C/c2ccc(N(C)C)c([18F])c2)cc1. The third-order valence-corrected chi connectivity index (χ3v) is 3.33. The van der Waals surface area contributed by atoms with E-state index in [1.165, 1.54) is 0 Å². The molecule has 0 unspecified atom stereocenters. The van der Waals surface area contributed by atoms with Crippen molar-refractivity contribution in [3.63, 3.8) is 0 Å². The first-order valence-electron chi connectivity index (χ1n) is 6.90. The van der Waals surface area contributed by atoms with Crippen molar-refractivity contribution in [1.82, 2.24) is 0 Å². The van der Waals surface area contributed by atoms with E-state index in [1.54, 1.807) is 17.0 Å². The summed E-state index contributed by atoms with van der Waals surface area (Å²) in [4.78, 5) is 3.83. The van der Waals surface area contributed by atoms with Gasteiger partial charge in [-0.3, -0.25) is 0 Å². The van der Waals surface area contributed by atoms with Gasteiger partial charge in [-0.25, -0.2) is 4.39 Å². The maximum absolute atomic E-state index is 13.9. The predicted molar refractivity (Wildman–Crippen MR) is 90.4 cm³/mol. The van der Waals surface area contributed by atoms with Crippen molar-refractivity contribution in [2.24, 2.45) is 0 Å². The number of rotatable bonds is 4. The largest absolute Gasteiger partial charge is 0.378 e. The van der Waals surface area contributed by atoms with Gasteiger partial charge in [0, 0.05) is 33.9 Å². The van der Waals surface area contributed by atoms with Crippen LogP contribution in [-0.2, 0) is 0 Å². The molecule has 0 aliphatic heterocycles. The van der Waals surface area contributed by atoms with Crippen LogP contribution in [0.3, 0.4) is 0 Å². The van der Waals surface area contributed by atoms with Crippen LogP contribution in [0, 0.1) is 5.82 Å². The maximum Gasteiger partial charge on any atom is 0.147 e. The number of benzene rings is 2. The van der Waals surface area contributed by atoms with Gasteiger partial charge in [-0.05, 0) is 35.4 Å². The van der Waals surface area contributed by atoms with Crippen molar-refractivity contribution >= 4 is 23.5 Å². The molecular weight excluding hydrogens is 262 g/mol. The molecule has 21 heavy (non-hydrogen) atoms. The Morgan fingerprint density at radius 2 is 1.33 bits per heavy atom. The number of hydrogen-bond acceptors (Lipinski definition) is 2. The van der Waals surface area contributed by atoms with Crippen molar-refractivity contribution in [3.05, 3.63) is 59.4 Å². The molecule has 0 spiro atoms. The highest BCUT2D eigenvalue weighted by Crippen LogP contribution is 2.20. The average Bonchev–Trinajstić information content (AvgIpc) is 2.45. The molecular formula is C18H21FN2. The minimum atomic E-state index is -0.204. The van der Waals surface area contributed by atoms with Gasteiger partial charge in [-0.2, -0.15) is 0 Å². The smallest absolute Gasteiger partial charge is 0.147 e. The molecule has 0 radical (unpaired) electrons. The molecule has 0 heterocycles. The lowest BCUT2D eigenvalue weighted by Gasteiger charge is -2.13. The van der Waals surface area contributed by atoms with Gasteiger partial charge in [0.1, 0.15) is 5.82 Å². The van der Waals surface area contributed by atoms with Crippen LogP contribution in [0.15, 0.2) is 42.5 Å². The quantitative estimate of drug-likeness (QED) is 0.779. The summed E-state index contributed by atoms with van der Waals surface area (Å²) >= 11 is 0. The normalized spacial score (nSPS) is 10.9. The minimum Gasteiger partial charge on any atom is -0.378 e. The molecule has 0 atom stereocenters. The molecule has 0 saturated carbocycles. The van der Waals surface area contributed by atoms with E-state index in [0.29, 0.717) is 5.69 Å². The van der Waals surface area contributed by atoms with E-state index in [-0.39, 0.29) is 5.82 Å². The van der Waals surface area contributed by atoms with Gasteiger partial charge in [0.05, 0.1) is 5.69 Å². The minimum absolute atomic E-state index is 0.204. The Morgan fingerprint density at radius 3 is 1.86 bits per heavy atom. The van der Waals surface area contributed by atoms with Gasteiger partial charge in [0.15, 0.2) is 0 Å². The second-order valence-electron chi connectivity index (χ2n) is 5.42. The second-order valence-corrected chi connectivity index (χ2v) is 5.42. The van der Waals surface area contributed by atoms with Crippen molar-refractivity contribution in [2.45, 2.75) is 0 Å². The molecule has 2 rings (SSSR count). The summed E-state index contributed by atoms with van der Waals surface area (Å²) in [6.07, 6.45) is 3.91. The highest BCUT2D eigenvalue weighted by atomic mass is 18.2. The van der Waals surface area contributed by atoms with E-state index in [0.717, 1.165) is 16.8 Å². The zero-order valence-electron chi connectivity index (χ0n) is 13.0. The summed E-state index contributed by atoms with van der Waals surface area (Å²) in [5.41, 5.74) is 3.71. The zero-order valence-corrected chi connectivity index (χ0v) is 13.0. The van der Waals surface area contributed by atoms with Crippen LogP contribution in [0.2, 0.25) is 0 Å². The lowest BCUT2D eigenvalue weighted by Crippen LogP contribution is -2.10. The molecule has 0 bridgehead atoms. The van der Waals surface area contributed by atoms with E-state index < -0.39 is 0 Å². The van der Waals surface area contributed by atoms with Crippen LogP contribution in [0.1, 0.15) is 11.1 Å². The highest BCUT2D eigenvalue weighted by molar-refractivity contribution is 5.71. The number of nitrogens with zero attached hydrogens (tertiary/aromatic N) is 2. The Morgan fingerprint density at radius 1 is 0.762 bits per heavy atom. The lowest BCUT2D eigenvalue weighted by atomic mass is 10.1. The molecule has 0 aromatic heterocycles. The molecule has 2 nitrogen and oxygen atoms in total. The molecule has 0 fully saturated rings. The van der Waals surface area contributed by atoms with Crippen molar-refractivity contribution in [2.75, 3.05) is 38.0 Å². The van der Waals surface area contributed by atoms with E-state index in [9.17, 15) is 4.39 Å². The maximum atomic E-state index is 13.9. The molecule has 0 saturated heterocycles. The summed E-state index contributed by atoms with van der Waals surface area (Å²) < 4.78 is 13.9. The van der Waals surface area contributed by atoms with Gasteiger partial charge in [0.2, 0.25) is 0 Å². The van der Waals surface area contributed by atoms with E-state index in [1.807, 2.05) is 46.4 Å². The topological polar surface area (TPSA) is 6.48 Å². The van der Waals surface area contributed by atoms with E-state index in [2.05, 4.69) is 29.2 Å². The fourth-order valence-electron chi connectivity index (χ4n) is 2.07. The van der Waals surface area contributed by atoms with Crippen LogP contribution < -0.4 is 9.80 Å². The fraction of sp³-hybridized carbons (Fsp3) is 0.222. The van der Waals surface area contributed by atoms with Crippen molar-refractivity contribution < 1.29 is 4.39 Å². The number of hydrogen-bond donors (Lipinski definition) is 0. The summed E-state index contributed by atoms with van der Waals surface area (Å²) in [7, 11) is 7.69. The van der Waals surface area contributed by atoms with Gasteiger partial charge < -0.3 is 9.80 Å². The summed E-state index contributed by atoms with van der Waals surface area (Å²) in [5, 5.41) is 0. The summed E-state index contributed by atoms with van der Waals surface area (Å²) in [6.45, 7) is 0. The number of halogens is 1. The first kappa shape index (κ1) is 15.1. The third kappa shape index (κ3) is 3.85. The Hall–Kier alpha value is -2.29. The molecule has 0 aliphatic carbocycles. The summed E-state index contributed by atoms with van der Waals surface area (Å²) in [5.74, 6) is -0.204. The first-order chi connectivity index (χ1) is 9.97. The van der Waals surface area contributed by atoms with Gasteiger partial charge in [0.25, 0.3) is 0 Å². The number of anilines is 2. The van der Waals surface area contributed by atoms with Crippen molar-refractivity contribution in [1.29, 1.82) is 0 Å². The fourth-order valence-corrected chi connectivity index (χ4v) is 2.07. The predicted octanol–water partition coefficient (Wildman–Crippen LogP) is 4.13. The van der Waals surface area contributed by atoms with Crippen LogP contribution in [0.4, 0.5) is 15.8 Å². The summed E-state index contributed by atoms with van der Waals surface area (Å²) in [6, 6.07) is 13.5. The van der Waals surface area contributed by atoms with Gasteiger partial charge in [-0.1, -0.05) is 30.4 Å². The van der Waals surface area contributed by atoms with Crippen LogP contribution in [0.5, 0.6) is 0 Å².